The van der Waals surface area contributed by atoms with Gasteiger partial charge in [0, 0.05) is 0 Å². The second-order valence-electron chi connectivity index (χ2n) is 2.62. The zero-order chi connectivity index (χ0) is 8.91. The van der Waals surface area contributed by atoms with Crippen molar-refractivity contribution >= 4 is 31.9 Å². The SMILES string of the molecule is CCC/C=C/C(O)C(C)(Br)Br. The molecule has 3 heteroatoms. The maximum atomic E-state index is 9.43. The van der Waals surface area contributed by atoms with Gasteiger partial charge in [-0.2, -0.15) is 0 Å². The lowest BCUT2D eigenvalue weighted by atomic mass is 10.2. The van der Waals surface area contributed by atoms with Crippen molar-refractivity contribution in [2.45, 2.75) is 36.0 Å². The van der Waals surface area contributed by atoms with Crippen LogP contribution in [0.3, 0.4) is 0 Å². The maximum Gasteiger partial charge on any atom is 0.107 e. The van der Waals surface area contributed by atoms with Crippen LogP contribution in [-0.2, 0) is 0 Å². The molecule has 0 amide bonds. The van der Waals surface area contributed by atoms with Crippen LogP contribution in [0.2, 0.25) is 0 Å². The second-order valence-corrected chi connectivity index (χ2v) is 6.98. The van der Waals surface area contributed by atoms with Crippen LogP contribution in [0.25, 0.3) is 0 Å². The number of hydrogen-bond acceptors (Lipinski definition) is 1. The molecule has 1 N–H and O–H groups in total. The lowest BCUT2D eigenvalue weighted by molar-refractivity contribution is 0.218. The molecule has 0 aromatic heterocycles. The normalized spacial score (nSPS) is 15.7. The minimum Gasteiger partial charge on any atom is -0.387 e. The predicted octanol–water partition coefficient (Wildman–Crippen LogP) is 3.21. The first-order valence-electron chi connectivity index (χ1n) is 3.71. The summed E-state index contributed by atoms with van der Waals surface area (Å²) in [7, 11) is 0. The standard InChI is InChI=1S/C8H14Br2O/c1-3-4-5-6-7(11)8(2,9)10/h5-7,11H,3-4H2,1-2H3/b6-5+. The summed E-state index contributed by atoms with van der Waals surface area (Å²) < 4.78 is -0.399. The molecule has 1 nitrogen and oxygen atoms in total. The van der Waals surface area contributed by atoms with Crippen molar-refractivity contribution in [3.63, 3.8) is 0 Å². The highest BCUT2D eigenvalue weighted by Gasteiger charge is 2.23. The fraction of sp³-hybridized carbons (Fsp3) is 0.750. The van der Waals surface area contributed by atoms with Crippen molar-refractivity contribution < 1.29 is 5.11 Å². The molecule has 11 heavy (non-hydrogen) atoms. The third kappa shape index (κ3) is 5.88. The van der Waals surface area contributed by atoms with E-state index >= 15 is 0 Å². The molecular weight excluding hydrogens is 272 g/mol. The highest BCUT2D eigenvalue weighted by Crippen LogP contribution is 2.29. The van der Waals surface area contributed by atoms with Gasteiger partial charge in [-0.25, -0.2) is 0 Å². The topological polar surface area (TPSA) is 20.2 Å². The highest BCUT2D eigenvalue weighted by molar-refractivity contribution is 9.25. The van der Waals surface area contributed by atoms with E-state index in [-0.39, 0.29) is 0 Å². The minimum atomic E-state index is -0.478. The molecule has 0 bridgehead atoms. The fourth-order valence-electron chi connectivity index (χ4n) is 0.561. The average Bonchev–Trinajstić information content (AvgIpc) is 1.86. The Morgan fingerprint density at radius 2 is 2.09 bits per heavy atom. The second kappa shape index (κ2) is 5.33. The molecule has 66 valence electrons. The van der Waals surface area contributed by atoms with Crippen LogP contribution in [0.4, 0.5) is 0 Å². The number of halogens is 2. The Morgan fingerprint density at radius 3 is 2.45 bits per heavy atom. The van der Waals surface area contributed by atoms with Crippen LogP contribution in [0.1, 0.15) is 26.7 Å². The Balaban J connectivity index is 3.77. The monoisotopic (exact) mass is 284 g/mol. The molecule has 0 aromatic carbocycles. The summed E-state index contributed by atoms with van der Waals surface area (Å²) in [5.74, 6) is 0. The van der Waals surface area contributed by atoms with Gasteiger partial charge in [0.05, 0.1) is 6.10 Å². The molecule has 0 fully saturated rings. The summed E-state index contributed by atoms with van der Waals surface area (Å²) in [5.41, 5.74) is 0. The van der Waals surface area contributed by atoms with E-state index in [9.17, 15) is 5.11 Å². The van der Waals surface area contributed by atoms with Crippen LogP contribution in [-0.4, -0.2) is 14.4 Å². The van der Waals surface area contributed by atoms with Crippen LogP contribution < -0.4 is 0 Å². The molecule has 0 aliphatic rings. The minimum absolute atomic E-state index is 0.399. The van der Waals surface area contributed by atoms with Crippen LogP contribution >= 0.6 is 31.9 Å². The van der Waals surface area contributed by atoms with Gasteiger partial charge in [-0.3, -0.25) is 0 Å². The number of hydrogen-bond donors (Lipinski definition) is 1. The molecule has 0 heterocycles. The van der Waals surface area contributed by atoms with E-state index in [1.807, 2.05) is 13.0 Å². The van der Waals surface area contributed by atoms with Gasteiger partial charge >= 0.3 is 0 Å². The third-order valence-electron chi connectivity index (χ3n) is 1.29. The molecule has 0 aliphatic heterocycles. The Morgan fingerprint density at radius 1 is 1.55 bits per heavy atom. The van der Waals surface area contributed by atoms with E-state index < -0.39 is 9.34 Å². The lowest BCUT2D eigenvalue weighted by Gasteiger charge is -2.18. The molecular formula is C8H14Br2O. The fourth-order valence-corrected chi connectivity index (χ4v) is 0.866. The van der Waals surface area contributed by atoms with Crippen molar-refractivity contribution in [1.29, 1.82) is 0 Å². The van der Waals surface area contributed by atoms with Crippen molar-refractivity contribution in [2.75, 3.05) is 0 Å². The molecule has 0 rings (SSSR count). The van der Waals surface area contributed by atoms with Crippen molar-refractivity contribution in [2.24, 2.45) is 0 Å². The number of alkyl halides is 2. The Bertz CT molecular complexity index is 127. The first-order chi connectivity index (χ1) is 4.98. The third-order valence-corrected chi connectivity index (χ3v) is 2.23. The van der Waals surface area contributed by atoms with Gasteiger partial charge in [0.15, 0.2) is 0 Å². The summed E-state index contributed by atoms with van der Waals surface area (Å²) >= 11 is 6.62. The Kier molecular flexibility index (Phi) is 5.65. The Labute approximate surface area is 85.1 Å². The number of rotatable bonds is 4. The van der Waals surface area contributed by atoms with Gasteiger partial charge in [-0.05, 0) is 13.3 Å². The van der Waals surface area contributed by atoms with Crippen LogP contribution in [0.15, 0.2) is 12.2 Å². The molecule has 0 spiro atoms. The first kappa shape index (κ1) is 11.7. The van der Waals surface area contributed by atoms with E-state index in [1.165, 1.54) is 0 Å². The number of aliphatic hydroxyl groups excluding tert-OH is 1. The van der Waals surface area contributed by atoms with Crippen LogP contribution in [0, 0.1) is 0 Å². The van der Waals surface area contributed by atoms with Gasteiger partial charge < -0.3 is 5.11 Å². The summed E-state index contributed by atoms with van der Waals surface area (Å²) in [4.78, 5) is 0. The zero-order valence-corrected chi connectivity index (χ0v) is 10.0. The maximum absolute atomic E-state index is 9.43. The van der Waals surface area contributed by atoms with E-state index in [1.54, 1.807) is 6.08 Å². The van der Waals surface area contributed by atoms with Gasteiger partial charge in [0.1, 0.15) is 3.23 Å². The quantitative estimate of drug-likeness (QED) is 0.621. The molecule has 0 saturated heterocycles. The number of allylic oxidation sites excluding steroid dienone is 1. The Hall–Kier alpha value is 0.660. The van der Waals surface area contributed by atoms with Crippen LogP contribution in [0.5, 0.6) is 0 Å². The molecule has 0 saturated carbocycles. The summed E-state index contributed by atoms with van der Waals surface area (Å²) in [6, 6.07) is 0. The van der Waals surface area contributed by atoms with Gasteiger partial charge in [0.2, 0.25) is 0 Å². The van der Waals surface area contributed by atoms with Crippen molar-refractivity contribution in [3.8, 4) is 0 Å². The summed E-state index contributed by atoms with van der Waals surface area (Å²) in [6.45, 7) is 3.98. The van der Waals surface area contributed by atoms with Gasteiger partial charge in [0.25, 0.3) is 0 Å². The van der Waals surface area contributed by atoms with Gasteiger partial charge in [-0.1, -0.05) is 57.4 Å². The van der Waals surface area contributed by atoms with E-state index in [2.05, 4.69) is 38.8 Å². The molecule has 0 radical (unpaired) electrons. The van der Waals surface area contributed by atoms with Crippen molar-refractivity contribution in [3.05, 3.63) is 12.2 Å². The molecule has 0 aliphatic carbocycles. The van der Waals surface area contributed by atoms with Gasteiger partial charge in [-0.15, -0.1) is 0 Å². The lowest BCUT2D eigenvalue weighted by Crippen LogP contribution is -2.23. The van der Waals surface area contributed by atoms with E-state index in [0.29, 0.717) is 0 Å². The molecule has 1 unspecified atom stereocenters. The number of unbranched alkanes of at least 4 members (excludes halogenated alkanes) is 1. The first-order valence-corrected chi connectivity index (χ1v) is 5.29. The largest absolute Gasteiger partial charge is 0.387 e. The summed E-state index contributed by atoms with van der Waals surface area (Å²) in [5, 5.41) is 9.43. The van der Waals surface area contributed by atoms with Crippen molar-refractivity contribution in [1.82, 2.24) is 0 Å². The predicted molar refractivity (Wildman–Crippen MR) is 56.3 cm³/mol. The average molecular weight is 286 g/mol. The van der Waals surface area contributed by atoms with E-state index in [4.69, 9.17) is 0 Å². The highest BCUT2D eigenvalue weighted by atomic mass is 79.9. The zero-order valence-electron chi connectivity index (χ0n) is 6.85. The number of aliphatic hydroxyl groups is 1. The smallest absolute Gasteiger partial charge is 0.107 e. The molecule has 1 atom stereocenters. The molecule has 0 aromatic rings. The van der Waals surface area contributed by atoms with E-state index in [0.717, 1.165) is 12.8 Å². The summed E-state index contributed by atoms with van der Waals surface area (Å²) in [6.07, 6.45) is 5.45.